The standard InChI is InChI=1S/C9H5F4O/c1-2-6(14)4-3-5(10)8(12)9(13)7(4)11/h3H,1-2H2. The van der Waals surface area contributed by atoms with Crippen molar-refractivity contribution in [1.82, 2.24) is 0 Å². The van der Waals surface area contributed by atoms with Crippen molar-refractivity contribution in [2.75, 3.05) is 0 Å². The lowest BCUT2D eigenvalue weighted by atomic mass is 10.1. The molecule has 0 aliphatic heterocycles. The lowest BCUT2D eigenvalue weighted by Gasteiger charge is -2.02. The predicted molar refractivity (Wildman–Crippen MR) is 40.6 cm³/mol. The molecule has 0 N–H and O–H groups in total. The second kappa shape index (κ2) is 3.77. The van der Waals surface area contributed by atoms with Crippen LogP contribution in [0.25, 0.3) is 0 Å². The average Bonchev–Trinajstić information content (AvgIpc) is 2.19. The monoisotopic (exact) mass is 205 g/mol. The Kier molecular flexibility index (Phi) is 2.88. The van der Waals surface area contributed by atoms with Crippen molar-refractivity contribution < 1.29 is 22.4 Å². The lowest BCUT2D eigenvalue weighted by Crippen LogP contribution is -2.07. The van der Waals surface area contributed by atoms with Gasteiger partial charge in [-0.1, -0.05) is 0 Å². The van der Waals surface area contributed by atoms with E-state index in [-0.39, 0.29) is 6.42 Å². The van der Waals surface area contributed by atoms with Gasteiger partial charge in [-0.05, 0) is 13.0 Å². The molecule has 0 aliphatic carbocycles. The summed E-state index contributed by atoms with van der Waals surface area (Å²) in [7, 11) is 0. The Bertz CT molecular complexity index is 387. The lowest BCUT2D eigenvalue weighted by molar-refractivity contribution is 0.0989. The third kappa shape index (κ3) is 1.62. The zero-order valence-corrected chi connectivity index (χ0v) is 6.91. The van der Waals surface area contributed by atoms with E-state index in [4.69, 9.17) is 0 Å². The molecular weight excluding hydrogens is 200 g/mol. The van der Waals surface area contributed by atoms with Crippen LogP contribution in [0.15, 0.2) is 6.07 Å². The van der Waals surface area contributed by atoms with E-state index in [1.54, 1.807) is 0 Å². The fourth-order valence-corrected chi connectivity index (χ4v) is 0.910. The number of rotatable bonds is 2. The summed E-state index contributed by atoms with van der Waals surface area (Å²) in [5.41, 5.74) is -0.823. The van der Waals surface area contributed by atoms with Crippen molar-refractivity contribution in [3.8, 4) is 0 Å². The number of benzene rings is 1. The van der Waals surface area contributed by atoms with E-state index in [0.29, 0.717) is 6.07 Å². The van der Waals surface area contributed by atoms with E-state index in [9.17, 15) is 22.4 Å². The molecule has 0 amide bonds. The third-order valence-electron chi connectivity index (χ3n) is 1.63. The Morgan fingerprint density at radius 2 is 1.71 bits per heavy atom. The molecule has 75 valence electrons. The van der Waals surface area contributed by atoms with Gasteiger partial charge in [0.25, 0.3) is 0 Å². The number of halogens is 4. The summed E-state index contributed by atoms with van der Waals surface area (Å²) < 4.78 is 50.4. The van der Waals surface area contributed by atoms with Crippen LogP contribution in [-0.4, -0.2) is 5.78 Å². The fraction of sp³-hybridized carbons (Fsp3) is 0.111. The van der Waals surface area contributed by atoms with Crippen LogP contribution in [0, 0.1) is 30.2 Å². The van der Waals surface area contributed by atoms with Crippen molar-refractivity contribution in [3.63, 3.8) is 0 Å². The van der Waals surface area contributed by atoms with Crippen LogP contribution in [0.2, 0.25) is 0 Å². The van der Waals surface area contributed by atoms with Crippen LogP contribution >= 0.6 is 0 Å². The van der Waals surface area contributed by atoms with Crippen molar-refractivity contribution in [3.05, 3.63) is 41.8 Å². The molecule has 1 aromatic carbocycles. The molecule has 0 heterocycles. The number of ketones is 1. The molecule has 0 bridgehead atoms. The maximum atomic E-state index is 12.8. The summed E-state index contributed by atoms with van der Waals surface area (Å²) >= 11 is 0. The van der Waals surface area contributed by atoms with E-state index in [2.05, 4.69) is 6.92 Å². The summed E-state index contributed by atoms with van der Waals surface area (Å²) in [6, 6.07) is 0.321. The maximum absolute atomic E-state index is 12.8. The second-order valence-corrected chi connectivity index (χ2v) is 2.52. The van der Waals surface area contributed by atoms with Crippen molar-refractivity contribution in [2.45, 2.75) is 6.42 Å². The molecular formula is C9H5F4O. The molecule has 0 saturated carbocycles. The quantitative estimate of drug-likeness (QED) is 0.314. The van der Waals surface area contributed by atoms with Gasteiger partial charge < -0.3 is 0 Å². The van der Waals surface area contributed by atoms with Crippen LogP contribution in [0.1, 0.15) is 16.8 Å². The van der Waals surface area contributed by atoms with Crippen molar-refractivity contribution in [2.24, 2.45) is 0 Å². The number of hydrogen-bond acceptors (Lipinski definition) is 1. The summed E-state index contributed by atoms with van der Waals surface area (Å²) in [4.78, 5) is 10.9. The molecule has 0 aromatic heterocycles. The molecule has 1 aromatic rings. The smallest absolute Gasteiger partial charge is 0.198 e. The Morgan fingerprint density at radius 1 is 1.14 bits per heavy atom. The predicted octanol–water partition coefficient (Wildman–Crippen LogP) is 2.65. The largest absolute Gasteiger partial charge is 0.294 e. The van der Waals surface area contributed by atoms with Gasteiger partial charge >= 0.3 is 0 Å². The van der Waals surface area contributed by atoms with Gasteiger partial charge in [0.1, 0.15) is 0 Å². The highest BCUT2D eigenvalue weighted by Gasteiger charge is 2.21. The zero-order valence-electron chi connectivity index (χ0n) is 6.91. The summed E-state index contributed by atoms with van der Waals surface area (Å²) in [6.07, 6.45) is -0.360. The van der Waals surface area contributed by atoms with E-state index in [1.807, 2.05) is 0 Å². The highest BCUT2D eigenvalue weighted by molar-refractivity contribution is 5.96. The van der Waals surface area contributed by atoms with Crippen LogP contribution in [0.5, 0.6) is 0 Å². The molecule has 1 rings (SSSR count). The van der Waals surface area contributed by atoms with Crippen LogP contribution in [-0.2, 0) is 0 Å². The summed E-state index contributed by atoms with van der Waals surface area (Å²) in [5, 5.41) is 0. The molecule has 1 nitrogen and oxygen atoms in total. The first-order valence-corrected chi connectivity index (χ1v) is 3.64. The Labute approximate surface area is 77.3 Å². The highest BCUT2D eigenvalue weighted by Crippen LogP contribution is 2.19. The zero-order chi connectivity index (χ0) is 10.9. The Hall–Kier alpha value is -1.39. The van der Waals surface area contributed by atoms with Crippen LogP contribution in [0.3, 0.4) is 0 Å². The van der Waals surface area contributed by atoms with E-state index >= 15 is 0 Å². The SMILES string of the molecule is [CH2]CC(=O)c1cc(F)c(F)c(F)c1F. The molecule has 0 fully saturated rings. The van der Waals surface area contributed by atoms with Crippen LogP contribution in [0.4, 0.5) is 17.6 Å². The number of carbonyl (C=O) groups excluding carboxylic acids is 1. The average molecular weight is 205 g/mol. The minimum Gasteiger partial charge on any atom is -0.294 e. The molecule has 0 spiro atoms. The molecule has 5 heteroatoms. The van der Waals surface area contributed by atoms with Crippen LogP contribution < -0.4 is 0 Å². The Morgan fingerprint density at radius 3 is 2.21 bits per heavy atom. The van der Waals surface area contributed by atoms with Gasteiger partial charge in [0, 0.05) is 6.42 Å². The number of hydrogen-bond donors (Lipinski definition) is 0. The van der Waals surface area contributed by atoms with E-state index in [0.717, 1.165) is 0 Å². The number of carbonyl (C=O) groups is 1. The minimum atomic E-state index is -1.98. The van der Waals surface area contributed by atoms with Gasteiger partial charge in [-0.15, -0.1) is 0 Å². The van der Waals surface area contributed by atoms with Crippen molar-refractivity contribution in [1.29, 1.82) is 0 Å². The van der Waals surface area contributed by atoms with Gasteiger partial charge in [0.15, 0.2) is 29.1 Å². The van der Waals surface area contributed by atoms with Gasteiger partial charge in [0.05, 0.1) is 5.56 Å². The van der Waals surface area contributed by atoms with Gasteiger partial charge in [-0.25, -0.2) is 17.6 Å². The van der Waals surface area contributed by atoms with Gasteiger partial charge in [0.2, 0.25) is 0 Å². The van der Waals surface area contributed by atoms with Crippen molar-refractivity contribution >= 4 is 5.78 Å². The van der Waals surface area contributed by atoms with Gasteiger partial charge in [-0.3, -0.25) is 4.79 Å². The summed E-state index contributed by atoms with van der Waals surface area (Å²) in [6.45, 7) is 3.13. The first kappa shape index (κ1) is 10.7. The first-order chi connectivity index (χ1) is 6.49. The molecule has 0 saturated heterocycles. The second-order valence-electron chi connectivity index (χ2n) is 2.52. The Balaban J connectivity index is 3.40. The van der Waals surface area contributed by atoms with Gasteiger partial charge in [-0.2, -0.15) is 0 Å². The van der Waals surface area contributed by atoms with E-state index in [1.165, 1.54) is 0 Å². The molecule has 0 atom stereocenters. The molecule has 0 unspecified atom stereocenters. The maximum Gasteiger partial charge on any atom is 0.198 e. The number of Topliss-reactive ketones (excluding diaryl/α,β-unsaturated/α-hetero) is 1. The summed E-state index contributed by atoms with van der Waals surface area (Å²) in [5.74, 6) is -8.08. The molecule has 14 heavy (non-hydrogen) atoms. The normalized spacial score (nSPS) is 10.4. The third-order valence-corrected chi connectivity index (χ3v) is 1.63. The van der Waals surface area contributed by atoms with E-state index < -0.39 is 34.6 Å². The minimum absolute atomic E-state index is 0.321. The molecule has 0 aliphatic rings. The molecule has 1 radical (unpaired) electrons. The highest BCUT2D eigenvalue weighted by atomic mass is 19.2. The fourth-order valence-electron chi connectivity index (χ4n) is 0.910. The topological polar surface area (TPSA) is 17.1 Å². The first-order valence-electron chi connectivity index (χ1n) is 3.64.